The fraction of sp³-hybridized carbons (Fsp3) is 0.429. The van der Waals surface area contributed by atoms with E-state index in [1.54, 1.807) is 32.9 Å². The zero-order chi connectivity index (χ0) is 26.9. The number of hydrogen-bond donors (Lipinski definition) is 3. The minimum absolute atomic E-state index is 0.509. The van der Waals surface area contributed by atoms with Crippen molar-refractivity contribution < 1.29 is 8.42 Å². The molecule has 0 atom stereocenters. The second kappa shape index (κ2) is 10.4. The maximum Gasteiger partial charge on any atom is 0.237 e. The summed E-state index contributed by atoms with van der Waals surface area (Å²) in [6, 6.07) is 15.7. The zero-order valence-corrected chi connectivity index (χ0v) is 23.4. The lowest BCUT2D eigenvalue weighted by Crippen LogP contribution is -2.44. The first kappa shape index (κ1) is 26.2. The van der Waals surface area contributed by atoms with Gasteiger partial charge in [-0.15, -0.1) is 0 Å². The van der Waals surface area contributed by atoms with Gasteiger partial charge in [0.25, 0.3) is 0 Å². The Morgan fingerprint density at radius 2 is 1.55 bits per heavy atom. The summed E-state index contributed by atoms with van der Waals surface area (Å²) in [5.41, 5.74) is 5.59. The highest BCUT2D eigenvalue weighted by molar-refractivity contribution is 7.94. The van der Waals surface area contributed by atoms with Crippen LogP contribution in [0.4, 0.5) is 34.5 Å². The molecule has 3 N–H and O–H groups in total. The molecule has 1 saturated heterocycles. The average molecular weight is 536 g/mol. The highest BCUT2D eigenvalue weighted by Crippen LogP contribution is 2.32. The third-order valence-corrected chi connectivity index (χ3v) is 9.23. The Balaban J connectivity index is 1.33. The molecule has 2 aromatic carbocycles. The first-order valence-electron chi connectivity index (χ1n) is 13.2. The summed E-state index contributed by atoms with van der Waals surface area (Å²) >= 11 is 0. The molecular weight excluding hydrogens is 498 g/mol. The number of fused-ring (bicyclic) bond motifs is 1. The Morgan fingerprint density at radius 3 is 2.26 bits per heavy atom. The smallest absolute Gasteiger partial charge is 0.237 e. The fourth-order valence-electron chi connectivity index (χ4n) is 4.65. The van der Waals surface area contributed by atoms with Crippen molar-refractivity contribution in [1.82, 2.24) is 14.9 Å². The van der Waals surface area contributed by atoms with Crippen molar-refractivity contribution in [2.75, 3.05) is 53.5 Å². The van der Waals surface area contributed by atoms with Crippen LogP contribution in [-0.2, 0) is 22.9 Å². The molecule has 0 radical (unpaired) electrons. The number of hydrogen-bond acceptors (Lipinski definition) is 8. The highest BCUT2D eigenvalue weighted by atomic mass is 32.2. The SMILES string of the molecule is CN1CCN(c2ccc(Nc3nc4c(c(Nc5cccc(NS(=O)(=O)C(C)(C)C)c5)n3)CCC4)cc2)CC1. The number of aryl methyl sites for hydroxylation is 1. The fourth-order valence-corrected chi connectivity index (χ4v) is 5.39. The molecule has 3 aromatic rings. The number of nitrogens with zero attached hydrogens (tertiary/aromatic N) is 4. The largest absolute Gasteiger partial charge is 0.369 e. The van der Waals surface area contributed by atoms with Crippen molar-refractivity contribution in [2.45, 2.75) is 44.8 Å². The molecule has 0 unspecified atom stereocenters. The molecule has 0 saturated carbocycles. The Morgan fingerprint density at radius 1 is 0.842 bits per heavy atom. The average Bonchev–Trinajstić information content (AvgIpc) is 3.33. The highest BCUT2D eigenvalue weighted by Gasteiger charge is 2.29. The number of benzene rings is 2. The molecular formula is C28H37N7O2S. The molecule has 9 nitrogen and oxygen atoms in total. The summed E-state index contributed by atoms with van der Waals surface area (Å²) < 4.78 is 27.0. The van der Waals surface area contributed by atoms with E-state index in [0.717, 1.165) is 73.9 Å². The lowest BCUT2D eigenvalue weighted by Gasteiger charge is -2.34. The van der Waals surface area contributed by atoms with Gasteiger partial charge in [0.05, 0.1) is 16.1 Å². The van der Waals surface area contributed by atoms with E-state index in [-0.39, 0.29) is 0 Å². The van der Waals surface area contributed by atoms with Crippen LogP contribution in [0.5, 0.6) is 0 Å². The maximum absolute atomic E-state index is 12.6. The van der Waals surface area contributed by atoms with Gasteiger partial charge in [-0.05, 0) is 89.5 Å². The van der Waals surface area contributed by atoms with E-state index >= 15 is 0 Å². The van der Waals surface area contributed by atoms with Crippen molar-refractivity contribution >= 4 is 44.5 Å². The summed E-state index contributed by atoms with van der Waals surface area (Å²) in [6.45, 7) is 9.24. The number of sulfonamides is 1. The summed E-state index contributed by atoms with van der Waals surface area (Å²) in [5.74, 6) is 1.30. The van der Waals surface area contributed by atoms with E-state index in [1.165, 1.54) is 5.69 Å². The van der Waals surface area contributed by atoms with Gasteiger partial charge >= 0.3 is 0 Å². The number of aromatic nitrogens is 2. The van der Waals surface area contributed by atoms with Gasteiger partial charge in [-0.25, -0.2) is 13.4 Å². The molecule has 1 fully saturated rings. The number of anilines is 6. The first-order valence-corrected chi connectivity index (χ1v) is 14.7. The van der Waals surface area contributed by atoms with E-state index in [9.17, 15) is 8.42 Å². The molecule has 0 amide bonds. The van der Waals surface area contributed by atoms with Gasteiger partial charge in [-0.3, -0.25) is 4.72 Å². The van der Waals surface area contributed by atoms with Crippen molar-refractivity contribution in [2.24, 2.45) is 0 Å². The Labute approximate surface area is 225 Å². The molecule has 2 heterocycles. The molecule has 5 rings (SSSR count). The number of nitrogens with one attached hydrogen (secondary N) is 3. The molecule has 202 valence electrons. The van der Waals surface area contributed by atoms with Gasteiger partial charge in [-0.1, -0.05) is 6.07 Å². The second-order valence-corrected chi connectivity index (χ2v) is 13.5. The number of piperazine rings is 1. The van der Waals surface area contributed by atoms with Gasteiger partial charge in [0.1, 0.15) is 5.82 Å². The van der Waals surface area contributed by atoms with Crippen LogP contribution in [0.1, 0.15) is 38.4 Å². The Hall–Kier alpha value is -3.37. The van der Waals surface area contributed by atoms with Gasteiger partial charge in [0.15, 0.2) is 0 Å². The van der Waals surface area contributed by atoms with Crippen LogP contribution in [0.25, 0.3) is 0 Å². The molecule has 0 spiro atoms. The Kier molecular flexibility index (Phi) is 7.19. The predicted octanol–water partition coefficient (Wildman–Crippen LogP) is 4.74. The lowest BCUT2D eigenvalue weighted by molar-refractivity contribution is 0.313. The van der Waals surface area contributed by atoms with Gasteiger partial charge in [0, 0.05) is 48.8 Å². The minimum atomic E-state index is -3.52. The van der Waals surface area contributed by atoms with Crippen molar-refractivity contribution in [3.8, 4) is 0 Å². The van der Waals surface area contributed by atoms with E-state index in [0.29, 0.717) is 11.6 Å². The molecule has 2 aliphatic rings. The molecule has 1 aromatic heterocycles. The van der Waals surface area contributed by atoms with E-state index in [2.05, 4.69) is 56.5 Å². The van der Waals surface area contributed by atoms with E-state index in [1.807, 2.05) is 12.1 Å². The van der Waals surface area contributed by atoms with E-state index in [4.69, 9.17) is 9.97 Å². The molecule has 1 aliphatic carbocycles. The van der Waals surface area contributed by atoms with Crippen LogP contribution in [-0.4, -0.2) is 61.3 Å². The molecule has 1 aliphatic heterocycles. The molecule has 10 heteroatoms. The summed E-state index contributed by atoms with van der Waals surface area (Å²) in [7, 11) is -1.36. The van der Waals surface area contributed by atoms with Gasteiger partial charge < -0.3 is 20.4 Å². The van der Waals surface area contributed by atoms with Crippen LogP contribution in [0.2, 0.25) is 0 Å². The van der Waals surface area contributed by atoms with E-state index < -0.39 is 14.8 Å². The maximum atomic E-state index is 12.6. The van der Waals surface area contributed by atoms with Crippen LogP contribution < -0.4 is 20.3 Å². The number of likely N-dealkylation sites (N-methyl/N-ethyl adjacent to an activating group) is 1. The summed E-state index contributed by atoms with van der Waals surface area (Å²) in [4.78, 5) is 14.4. The van der Waals surface area contributed by atoms with Crippen molar-refractivity contribution in [3.63, 3.8) is 0 Å². The van der Waals surface area contributed by atoms with Gasteiger partial charge in [-0.2, -0.15) is 4.98 Å². The minimum Gasteiger partial charge on any atom is -0.369 e. The molecule has 38 heavy (non-hydrogen) atoms. The quantitative estimate of drug-likeness (QED) is 0.399. The lowest BCUT2D eigenvalue weighted by atomic mass is 10.2. The Bertz CT molecular complexity index is 1390. The third kappa shape index (κ3) is 5.86. The van der Waals surface area contributed by atoms with Crippen LogP contribution >= 0.6 is 0 Å². The van der Waals surface area contributed by atoms with Crippen LogP contribution in [0.15, 0.2) is 48.5 Å². The predicted molar refractivity (Wildman–Crippen MR) is 156 cm³/mol. The second-order valence-electron chi connectivity index (χ2n) is 11.1. The van der Waals surface area contributed by atoms with Crippen LogP contribution in [0, 0.1) is 0 Å². The molecule has 0 bridgehead atoms. The standard InChI is InChI=1S/C28H37N7O2S/c1-28(2,3)38(36,37)33-22-8-5-7-21(19-22)29-26-24-9-6-10-25(24)31-27(32-26)30-20-11-13-23(14-12-20)35-17-15-34(4)16-18-35/h5,7-8,11-14,19,33H,6,9-10,15-18H2,1-4H3,(H2,29,30,31,32). The third-order valence-electron chi connectivity index (χ3n) is 7.11. The van der Waals surface area contributed by atoms with Crippen LogP contribution in [0.3, 0.4) is 0 Å². The first-order chi connectivity index (χ1) is 18.1. The van der Waals surface area contributed by atoms with Crippen molar-refractivity contribution in [1.29, 1.82) is 0 Å². The van der Waals surface area contributed by atoms with Gasteiger partial charge in [0.2, 0.25) is 16.0 Å². The summed E-state index contributed by atoms with van der Waals surface area (Å²) in [6.07, 6.45) is 2.86. The topological polar surface area (TPSA) is 102 Å². The number of rotatable bonds is 7. The zero-order valence-electron chi connectivity index (χ0n) is 22.6. The summed E-state index contributed by atoms with van der Waals surface area (Å²) in [5, 5.41) is 6.79. The monoisotopic (exact) mass is 535 g/mol. The van der Waals surface area contributed by atoms with Crippen molar-refractivity contribution in [3.05, 3.63) is 59.8 Å². The normalized spacial score (nSPS) is 16.3.